The summed E-state index contributed by atoms with van der Waals surface area (Å²) in [5.41, 5.74) is 0.0597. The van der Waals surface area contributed by atoms with Crippen molar-refractivity contribution in [3.8, 4) is 6.07 Å². The van der Waals surface area contributed by atoms with Gasteiger partial charge in [0.05, 0.1) is 11.5 Å². The molecule has 1 aromatic heterocycles. The van der Waals surface area contributed by atoms with Crippen LogP contribution in [-0.2, 0) is 0 Å². The summed E-state index contributed by atoms with van der Waals surface area (Å²) in [6, 6.07) is 11.9. The van der Waals surface area contributed by atoms with Crippen molar-refractivity contribution in [2.24, 2.45) is 11.3 Å². The number of hydrogen-bond donors (Lipinski definition) is 1. The Hall–Kier alpha value is -1.79. The molecular weight excluding hydrogens is 250 g/mol. The molecule has 20 heavy (non-hydrogen) atoms. The molecule has 0 bridgehead atoms. The first-order valence-electron chi connectivity index (χ1n) is 7.22. The molecule has 1 aliphatic rings. The van der Waals surface area contributed by atoms with Crippen LogP contribution in [0.1, 0.15) is 44.5 Å². The topological polar surface area (TPSA) is 57.2 Å². The van der Waals surface area contributed by atoms with Crippen LogP contribution in [0, 0.1) is 22.7 Å². The Kier molecular flexibility index (Phi) is 3.27. The van der Waals surface area contributed by atoms with E-state index in [4.69, 9.17) is 4.42 Å². The van der Waals surface area contributed by atoms with Gasteiger partial charge in [0, 0.05) is 5.39 Å². The zero-order valence-electron chi connectivity index (χ0n) is 11.7. The summed E-state index contributed by atoms with van der Waals surface area (Å²) in [7, 11) is 0. The number of fused-ring (bicyclic) bond motifs is 1. The first kappa shape index (κ1) is 13.2. The van der Waals surface area contributed by atoms with Gasteiger partial charge in [-0.15, -0.1) is 0 Å². The third kappa shape index (κ3) is 2.10. The molecule has 0 amide bonds. The van der Waals surface area contributed by atoms with Gasteiger partial charge in [-0.1, -0.05) is 38.0 Å². The van der Waals surface area contributed by atoms with E-state index in [1.54, 1.807) is 0 Å². The molecule has 1 heterocycles. The van der Waals surface area contributed by atoms with E-state index >= 15 is 0 Å². The Morgan fingerprint density at radius 1 is 1.45 bits per heavy atom. The summed E-state index contributed by atoms with van der Waals surface area (Å²) in [4.78, 5) is 0. The molecule has 1 aromatic carbocycles. The van der Waals surface area contributed by atoms with E-state index in [-0.39, 0.29) is 0 Å². The molecule has 3 nitrogen and oxygen atoms in total. The molecule has 0 saturated heterocycles. The van der Waals surface area contributed by atoms with Crippen LogP contribution in [-0.4, -0.2) is 5.11 Å². The van der Waals surface area contributed by atoms with Gasteiger partial charge in [0.2, 0.25) is 0 Å². The second-order valence-corrected chi connectivity index (χ2v) is 6.06. The largest absolute Gasteiger partial charge is 0.458 e. The van der Waals surface area contributed by atoms with Crippen molar-refractivity contribution in [3.05, 3.63) is 36.1 Å². The molecule has 3 unspecified atom stereocenters. The molecule has 3 heteroatoms. The maximum absolute atomic E-state index is 10.7. The number of furan rings is 1. The van der Waals surface area contributed by atoms with Gasteiger partial charge in [-0.2, -0.15) is 5.26 Å². The highest BCUT2D eigenvalue weighted by molar-refractivity contribution is 5.77. The highest BCUT2D eigenvalue weighted by Crippen LogP contribution is 2.48. The van der Waals surface area contributed by atoms with Crippen molar-refractivity contribution in [1.82, 2.24) is 0 Å². The molecule has 1 aliphatic carbocycles. The van der Waals surface area contributed by atoms with Crippen molar-refractivity contribution in [1.29, 1.82) is 5.26 Å². The van der Waals surface area contributed by atoms with E-state index in [1.165, 1.54) is 0 Å². The molecule has 0 spiro atoms. The maximum atomic E-state index is 10.7. The molecule has 3 atom stereocenters. The third-order valence-electron chi connectivity index (χ3n) is 4.49. The van der Waals surface area contributed by atoms with Gasteiger partial charge in [-0.05, 0) is 30.9 Å². The lowest BCUT2D eigenvalue weighted by Gasteiger charge is -2.37. The zero-order chi connectivity index (χ0) is 14.2. The first-order valence-corrected chi connectivity index (χ1v) is 7.22. The lowest BCUT2D eigenvalue weighted by atomic mass is 9.67. The van der Waals surface area contributed by atoms with E-state index in [9.17, 15) is 10.4 Å². The van der Waals surface area contributed by atoms with Crippen LogP contribution in [0.4, 0.5) is 0 Å². The van der Waals surface area contributed by atoms with Gasteiger partial charge >= 0.3 is 0 Å². The van der Waals surface area contributed by atoms with Gasteiger partial charge in [0.25, 0.3) is 0 Å². The minimum Gasteiger partial charge on any atom is -0.458 e. The van der Waals surface area contributed by atoms with Crippen molar-refractivity contribution in [2.45, 2.75) is 38.7 Å². The monoisotopic (exact) mass is 269 g/mol. The van der Waals surface area contributed by atoms with Gasteiger partial charge in [0.15, 0.2) is 0 Å². The predicted octanol–water partition coefficient (Wildman–Crippen LogP) is 4.19. The average Bonchev–Trinajstić information content (AvgIpc) is 2.90. The Morgan fingerprint density at radius 3 is 2.95 bits per heavy atom. The predicted molar refractivity (Wildman–Crippen MR) is 76.9 cm³/mol. The zero-order valence-corrected chi connectivity index (χ0v) is 11.7. The molecule has 1 N–H and O–H groups in total. The van der Waals surface area contributed by atoms with E-state index in [0.717, 1.165) is 36.7 Å². The van der Waals surface area contributed by atoms with Crippen molar-refractivity contribution in [2.75, 3.05) is 0 Å². The van der Waals surface area contributed by atoms with E-state index in [0.29, 0.717) is 11.7 Å². The van der Waals surface area contributed by atoms with Crippen LogP contribution >= 0.6 is 0 Å². The maximum Gasteiger partial charge on any atom is 0.135 e. The fraction of sp³-hybridized carbons (Fsp3) is 0.471. The summed E-state index contributed by atoms with van der Waals surface area (Å²) in [5, 5.41) is 21.3. The molecule has 1 saturated carbocycles. The Morgan fingerprint density at radius 2 is 2.25 bits per heavy atom. The number of nitrogens with zero attached hydrogens (tertiary/aromatic N) is 1. The lowest BCUT2D eigenvalue weighted by Crippen LogP contribution is -2.32. The third-order valence-corrected chi connectivity index (χ3v) is 4.49. The minimum atomic E-state index is -0.845. The fourth-order valence-corrected chi connectivity index (χ4v) is 3.41. The quantitative estimate of drug-likeness (QED) is 0.889. The number of nitriles is 1. The van der Waals surface area contributed by atoms with E-state index < -0.39 is 11.5 Å². The lowest BCUT2D eigenvalue weighted by molar-refractivity contribution is 0.00833. The van der Waals surface area contributed by atoms with Gasteiger partial charge in [0.1, 0.15) is 17.4 Å². The van der Waals surface area contributed by atoms with Crippen LogP contribution in [0.3, 0.4) is 0 Å². The minimum absolute atomic E-state index is 0.474. The normalized spacial score (nSPS) is 28.1. The van der Waals surface area contributed by atoms with Crippen molar-refractivity contribution >= 4 is 11.0 Å². The number of aliphatic hydroxyl groups excluding tert-OH is 1. The molecule has 104 valence electrons. The fourth-order valence-electron chi connectivity index (χ4n) is 3.41. The summed E-state index contributed by atoms with van der Waals surface area (Å²) in [5.74, 6) is 0.990. The van der Waals surface area contributed by atoms with Gasteiger partial charge < -0.3 is 9.52 Å². The Bertz CT molecular complexity index is 621. The smallest absolute Gasteiger partial charge is 0.135 e. The second kappa shape index (κ2) is 4.96. The summed E-state index contributed by atoms with van der Waals surface area (Å²) in [6.45, 7) is 2.15. The average molecular weight is 269 g/mol. The number of benzene rings is 1. The SMILES string of the molecule is CC1CCCC(C#N)(C(O)c2cc3ccccc3o2)C1. The van der Waals surface area contributed by atoms with E-state index in [2.05, 4.69) is 13.0 Å². The summed E-state index contributed by atoms with van der Waals surface area (Å²) in [6.07, 6.45) is 2.76. The number of para-hydroxylation sites is 1. The molecule has 1 fully saturated rings. The number of aliphatic hydroxyl groups is 1. The molecule has 3 rings (SSSR count). The van der Waals surface area contributed by atoms with Crippen LogP contribution in [0.15, 0.2) is 34.7 Å². The van der Waals surface area contributed by atoms with Crippen LogP contribution in [0.2, 0.25) is 0 Å². The highest BCUT2D eigenvalue weighted by Gasteiger charge is 2.43. The second-order valence-electron chi connectivity index (χ2n) is 6.06. The van der Waals surface area contributed by atoms with Gasteiger partial charge in [-0.3, -0.25) is 0 Å². The Labute approximate surface area is 118 Å². The van der Waals surface area contributed by atoms with Crippen LogP contribution in [0.5, 0.6) is 0 Å². The summed E-state index contributed by atoms with van der Waals surface area (Å²) < 4.78 is 5.74. The van der Waals surface area contributed by atoms with Crippen LogP contribution in [0.25, 0.3) is 11.0 Å². The first-order chi connectivity index (χ1) is 9.64. The van der Waals surface area contributed by atoms with Gasteiger partial charge in [-0.25, -0.2) is 0 Å². The number of rotatable bonds is 2. The van der Waals surface area contributed by atoms with Crippen molar-refractivity contribution in [3.63, 3.8) is 0 Å². The van der Waals surface area contributed by atoms with E-state index in [1.807, 2.05) is 30.3 Å². The molecule has 2 aromatic rings. The molecular formula is C17H19NO2. The summed E-state index contributed by atoms with van der Waals surface area (Å²) >= 11 is 0. The Balaban J connectivity index is 1.97. The highest BCUT2D eigenvalue weighted by atomic mass is 16.4. The molecule has 0 radical (unpaired) electrons. The number of hydrogen-bond acceptors (Lipinski definition) is 3. The van der Waals surface area contributed by atoms with Crippen LogP contribution < -0.4 is 0 Å². The standard InChI is InChI=1S/C17H19NO2/c1-12-5-4-8-17(10-12,11-18)16(19)15-9-13-6-2-3-7-14(13)20-15/h2-3,6-7,9,12,16,19H,4-5,8,10H2,1H3. The van der Waals surface area contributed by atoms with Crippen molar-refractivity contribution < 1.29 is 9.52 Å². The molecule has 0 aliphatic heterocycles.